The summed E-state index contributed by atoms with van der Waals surface area (Å²) in [5.41, 5.74) is 1.14. The third-order valence-corrected chi connectivity index (χ3v) is 3.90. The largest absolute Gasteiger partial charge is 0.462 e. The van der Waals surface area contributed by atoms with Crippen molar-refractivity contribution in [2.45, 2.75) is 13.3 Å². The number of nitrogens with zero attached hydrogens (tertiary/aromatic N) is 1. The van der Waals surface area contributed by atoms with Crippen LogP contribution in [0, 0.1) is 11.6 Å². The molecule has 24 heavy (non-hydrogen) atoms. The first kappa shape index (κ1) is 16.1. The van der Waals surface area contributed by atoms with Crippen LogP contribution >= 0.6 is 0 Å². The normalized spacial score (nSPS) is 13.6. The molecule has 0 aromatic heterocycles. The van der Waals surface area contributed by atoms with Crippen LogP contribution in [-0.2, 0) is 11.2 Å². The number of esters is 1. The molecule has 0 aliphatic carbocycles. The molecule has 1 amide bonds. The summed E-state index contributed by atoms with van der Waals surface area (Å²) in [6.45, 7) is 2.10. The van der Waals surface area contributed by atoms with E-state index in [0.29, 0.717) is 17.5 Å². The summed E-state index contributed by atoms with van der Waals surface area (Å²) in [6.07, 6.45) is 0.428. The molecule has 1 aliphatic heterocycles. The Bertz CT molecular complexity index is 820. The Balaban J connectivity index is 1.91. The molecule has 0 saturated carbocycles. The molecular formula is C18H15F2NO3. The minimum Gasteiger partial charge on any atom is -0.462 e. The second kappa shape index (κ2) is 6.39. The van der Waals surface area contributed by atoms with E-state index in [-0.39, 0.29) is 30.3 Å². The molecule has 4 nitrogen and oxygen atoms in total. The summed E-state index contributed by atoms with van der Waals surface area (Å²) < 4.78 is 32.5. The fourth-order valence-electron chi connectivity index (χ4n) is 2.75. The monoisotopic (exact) mass is 331 g/mol. The third-order valence-electron chi connectivity index (χ3n) is 3.90. The van der Waals surface area contributed by atoms with E-state index < -0.39 is 17.6 Å². The summed E-state index contributed by atoms with van der Waals surface area (Å²) >= 11 is 0. The number of rotatable bonds is 3. The quantitative estimate of drug-likeness (QED) is 0.811. The van der Waals surface area contributed by atoms with Gasteiger partial charge in [-0.3, -0.25) is 4.79 Å². The number of hydrogen-bond donors (Lipinski definition) is 0. The van der Waals surface area contributed by atoms with Crippen LogP contribution in [0.1, 0.15) is 33.2 Å². The summed E-state index contributed by atoms with van der Waals surface area (Å²) in [4.78, 5) is 25.5. The van der Waals surface area contributed by atoms with E-state index in [0.717, 1.165) is 6.07 Å². The van der Waals surface area contributed by atoms with Gasteiger partial charge in [0.2, 0.25) is 0 Å². The first-order valence-electron chi connectivity index (χ1n) is 7.58. The highest BCUT2D eigenvalue weighted by molar-refractivity contribution is 6.08. The minimum atomic E-state index is -0.681. The molecule has 0 fully saturated rings. The maximum Gasteiger partial charge on any atom is 0.338 e. The Morgan fingerprint density at radius 3 is 2.71 bits per heavy atom. The van der Waals surface area contributed by atoms with Crippen LogP contribution in [0.15, 0.2) is 36.4 Å². The SMILES string of the molecule is CCOC(=O)c1ccc(N2CCc3cc(F)ccc3C2=O)c(F)c1. The Labute approximate surface area is 137 Å². The van der Waals surface area contributed by atoms with Gasteiger partial charge in [0.25, 0.3) is 5.91 Å². The molecular weight excluding hydrogens is 316 g/mol. The van der Waals surface area contributed by atoms with Crippen molar-refractivity contribution in [2.24, 2.45) is 0 Å². The van der Waals surface area contributed by atoms with Crippen LogP contribution in [0.4, 0.5) is 14.5 Å². The van der Waals surface area contributed by atoms with Gasteiger partial charge < -0.3 is 9.64 Å². The van der Waals surface area contributed by atoms with Gasteiger partial charge in [-0.05, 0) is 55.3 Å². The maximum absolute atomic E-state index is 14.4. The molecule has 0 radical (unpaired) electrons. The smallest absolute Gasteiger partial charge is 0.338 e. The molecule has 0 atom stereocenters. The number of ether oxygens (including phenoxy) is 1. The second-order valence-electron chi connectivity index (χ2n) is 5.39. The molecule has 124 valence electrons. The van der Waals surface area contributed by atoms with Crippen molar-refractivity contribution in [1.82, 2.24) is 0 Å². The van der Waals surface area contributed by atoms with Crippen molar-refractivity contribution in [1.29, 1.82) is 0 Å². The van der Waals surface area contributed by atoms with Gasteiger partial charge in [-0.2, -0.15) is 0 Å². The Hall–Kier alpha value is -2.76. The predicted molar refractivity (Wildman–Crippen MR) is 84.1 cm³/mol. The highest BCUT2D eigenvalue weighted by atomic mass is 19.1. The van der Waals surface area contributed by atoms with Crippen molar-refractivity contribution >= 4 is 17.6 Å². The zero-order valence-corrected chi connectivity index (χ0v) is 13.0. The Morgan fingerprint density at radius 2 is 2.00 bits per heavy atom. The molecule has 1 heterocycles. The molecule has 6 heteroatoms. The van der Waals surface area contributed by atoms with Crippen LogP contribution < -0.4 is 4.90 Å². The predicted octanol–water partition coefficient (Wildman–Crippen LogP) is 3.34. The highest BCUT2D eigenvalue weighted by Gasteiger charge is 2.27. The fourth-order valence-corrected chi connectivity index (χ4v) is 2.75. The molecule has 0 unspecified atom stereocenters. The number of fused-ring (bicyclic) bond motifs is 1. The van der Waals surface area contributed by atoms with Crippen LogP contribution in [0.25, 0.3) is 0 Å². The van der Waals surface area contributed by atoms with Crippen molar-refractivity contribution in [3.05, 3.63) is 64.7 Å². The van der Waals surface area contributed by atoms with Gasteiger partial charge in [0.1, 0.15) is 11.6 Å². The van der Waals surface area contributed by atoms with Gasteiger partial charge >= 0.3 is 5.97 Å². The lowest BCUT2D eigenvalue weighted by Gasteiger charge is -2.29. The number of halogens is 2. The molecule has 0 spiro atoms. The maximum atomic E-state index is 14.4. The van der Waals surface area contributed by atoms with E-state index in [9.17, 15) is 18.4 Å². The number of carbonyl (C=O) groups excluding carboxylic acids is 2. The van der Waals surface area contributed by atoms with E-state index in [2.05, 4.69) is 0 Å². The van der Waals surface area contributed by atoms with Crippen LogP contribution in [0.2, 0.25) is 0 Å². The lowest BCUT2D eigenvalue weighted by atomic mass is 9.98. The topological polar surface area (TPSA) is 46.6 Å². The van der Waals surface area contributed by atoms with Gasteiger partial charge in [-0.15, -0.1) is 0 Å². The van der Waals surface area contributed by atoms with Gasteiger partial charge in [0.15, 0.2) is 0 Å². The summed E-state index contributed by atoms with van der Waals surface area (Å²) in [6, 6.07) is 7.80. The molecule has 1 aliphatic rings. The zero-order valence-electron chi connectivity index (χ0n) is 13.0. The van der Waals surface area contributed by atoms with Crippen LogP contribution in [0.5, 0.6) is 0 Å². The van der Waals surface area contributed by atoms with Gasteiger partial charge in [-0.25, -0.2) is 13.6 Å². The van der Waals surface area contributed by atoms with Crippen molar-refractivity contribution in [3.63, 3.8) is 0 Å². The van der Waals surface area contributed by atoms with E-state index in [1.165, 1.54) is 35.2 Å². The molecule has 0 bridgehead atoms. The second-order valence-corrected chi connectivity index (χ2v) is 5.39. The average molecular weight is 331 g/mol. The summed E-state index contributed by atoms with van der Waals surface area (Å²) in [5, 5.41) is 0. The molecule has 0 N–H and O–H groups in total. The summed E-state index contributed by atoms with van der Waals surface area (Å²) in [7, 11) is 0. The first-order valence-corrected chi connectivity index (χ1v) is 7.58. The Kier molecular flexibility index (Phi) is 4.29. The molecule has 0 saturated heterocycles. The number of benzene rings is 2. The highest BCUT2D eigenvalue weighted by Crippen LogP contribution is 2.28. The van der Waals surface area contributed by atoms with Crippen molar-refractivity contribution in [3.8, 4) is 0 Å². The lowest BCUT2D eigenvalue weighted by molar-refractivity contribution is 0.0525. The van der Waals surface area contributed by atoms with E-state index in [1.54, 1.807) is 6.92 Å². The van der Waals surface area contributed by atoms with E-state index in [1.807, 2.05) is 0 Å². The number of amides is 1. The fraction of sp³-hybridized carbons (Fsp3) is 0.222. The van der Waals surface area contributed by atoms with E-state index >= 15 is 0 Å². The zero-order chi connectivity index (χ0) is 17.3. The van der Waals surface area contributed by atoms with E-state index in [4.69, 9.17) is 4.74 Å². The number of carbonyl (C=O) groups is 2. The van der Waals surface area contributed by atoms with Crippen molar-refractivity contribution in [2.75, 3.05) is 18.1 Å². The first-order chi connectivity index (χ1) is 11.5. The van der Waals surface area contributed by atoms with Crippen LogP contribution in [0.3, 0.4) is 0 Å². The standard InChI is InChI=1S/C18H15F2NO3/c1-2-24-18(23)12-3-6-16(15(20)10-12)21-8-7-11-9-13(19)4-5-14(11)17(21)22/h3-6,9-10H,2,7-8H2,1H3. The molecule has 2 aromatic carbocycles. The molecule has 3 rings (SSSR count). The Morgan fingerprint density at radius 1 is 1.21 bits per heavy atom. The number of hydrogen-bond acceptors (Lipinski definition) is 3. The summed E-state index contributed by atoms with van der Waals surface area (Å²) in [5.74, 6) is -2.09. The minimum absolute atomic E-state index is 0.0861. The third kappa shape index (κ3) is 2.87. The molecule has 2 aromatic rings. The van der Waals surface area contributed by atoms with Crippen molar-refractivity contribution < 1.29 is 23.1 Å². The van der Waals surface area contributed by atoms with Gasteiger partial charge in [0.05, 0.1) is 17.9 Å². The average Bonchev–Trinajstić information content (AvgIpc) is 2.56. The van der Waals surface area contributed by atoms with Gasteiger partial charge in [0, 0.05) is 12.1 Å². The lowest BCUT2D eigenvalue weighted by Crippen LogP contribution is -2.38. The van der Waals surface area contributed by atoms with Crippen LogP contribution in [-0.4, -0.2) is 25.0 Å². The number of anilines is 1. The van der Waals surface area contributed by atoms with Gasteiger partial charge in [-0.1, -0.05) is 0 Å².